The molecule has 2 aromatic rings. The molecular weight excluding hydrogens is 278 g/mol. The van der Waals surface area contributed by atoms with Crippen molar-refractivity contribution >= 4 is 0 Å². The summed E-state index contributed by atoms with van der Waals surface area (Å²) in [5.74, 6) is 1.68. The molecule has 1 fully saturated rings. The van der Waals surface area contributed by atoms with Gasteiger partial charge in [0, 0.05) is 13.0 Å². The highest BCUT2D eigenvalue weighted by Gasteiger charge is 2.23. The monoisotopic (exact) mass is 301 g/mol. The third-order valence-corrected chi connectivity index (χ3v) is 4.33. The molecule has 0 saturated carbocycles. The minimum Gasteiger partial charge on any atom is -0.508 e. The van der Waals surface area contributed by atoms with Crippen LogP contribution in [0.1, 0.15) is 43.0 Å². The Labute approximate surface area is 131 Å². The second kappa shape index (κ2) is 6.92. The SMILES string of the molecule is Cc1nnc(CN2CCCCC2CCc2cccc(O)c2)o1. The number of phenolic OH excluding ortho intramolecular Hbond substituents is 1. The topological polar surface area (TPSA) is 62.4 Å². The zero-order valence-corrected chi connectivity index (χ0v) is 13.0. The number of aromatic nitrogens is 2. The van der Waals surface area contributed by atoms with Crippen molar-refractivity contribution in [1.29, 1.82) is 0 Å². The van der Waals surface area contributed by atoms with Crippen LogP contribution < -0.4 is 0 Å². The molecule has 3 rings (SSSR count). The lowest BCUT2D eigenvalue weighted by atomic mass is 9.96. The maximum atomic E-state index is 9.56. The molecule has 1 aliphatic heterocycles. The summed E-state index contributed by atoms with van der Waals surface area (Å²) in [6, 6.07) is 8.10. The molecule has 0 aliphatic carbocycles. The first kappa shape index (κ1) is 15.0. The van der Waals surface area contributed by atoms with Crippen molar-refractivity contribution in [2.45, 2.75) is 51.6 Å². The van der Waals surface area contributed by atoms with Gasteiger partial charge < -0.3 is 9.52 Å². The number of benzene rings is 1. The van der Waals surface area contributed by atoms with Gasteiger partial charge in [-0.15, -0.1) is 10.2 Å². The summed E-state index contributed by atoms with van der Waals surface area (Å²) in [5.41, 5.74) is 1.19. The van der Waals surface area contributed by atoms with Gasteiger partial charge in [-0.2, -0.15) is 0 Å². The second-order valence-electron chi connectivity index (χ2n) is 6.04. The maximum Gasteiger partial charge on any atom is 0.230 e. The molecule has 1 unspecified atom stereocenters. The fourth-order valence-corrected chi connectivity index (χ4v) is 3.22. The average molecular weight is 301 g/mol. The molecule has 1 aromatic heterocycles. The summed E-state index contributed by atoms with van der Waals surface area (Å²) in [6.45, 7) is 3.66. The van der Waals surface area contributed by atoms with E-state index < -0.39 is 0 Å². The Morgan fingerprint density at radius 2 is 2.23 bits per heavy atom. The molecule has 5 heteroatoms. The molecule has 0 bridgehead atoms. The molecule has 1 atom stereocenters. The molecule has 5 nitrogen and oxygen atoms in total. The molecule has 22 heavy (non-hydrogen) atoms. The molecule has 2 heterocycles. The van der Waals surface area contributed by atoms with E-state index in [1.165, 1.54) is 24.8 Å². The van der Waals surface area contributed by atoms with Crippen LogP contribution in [-0.2, 0) is 13.0 Å². The van der Waals surface area contributed by atoms with Crippen LogP contribution in [0.4, 0.5) is 0 Å². The van der Waals surface area contributed by atoms with Gasteiger partial charge in [-0.3, -0.25) is 4.90 Å². The molecule has 0 radical (unpaired) electrons. The van der Waals surface area contributed by atoms with E-state index in [0.29, 0.717) is 23.6 Å². The van der Waals surface area contributed by atoms with Gasteiger partial charge in [0.2, 0.25) is 11.8 Å². The van der Waals surface area contributed by atoms with Crippen LogP contribution in [0.2, 0.25) is 0 Å². The zero-order chi connectivity index (χ0) is 15.4. The van der Waals surface area contributed by atoms with Crippen molar-refractivity contribution in [3.8, 4) is 5.75 Å². The van der Waals surface area contributed by atoms with Crippen molar-refractivity contribution in [2.24, 2.45) is 0 Å². The van der Waals surface area contributed by atoms with Gasteiger partial charge in [-0.05, 0) is 49.9 Å². The molecular formula is C17H23N3O2. The Bertz CT molecular complexity index is 611. The van der Waals surface area contributed by atoms with Crippen LogP contribution in [0, 0.1) is 6.92 Å². The third-order valence-electron chi connectivity index (χ3n) is 4.33. The van der Waals surface area contributed by atoms with Gasteiger partial charge in [-0.25, -0.2) is 0 Å². The first-order valence-electron chi connectivity index (χ1n) is 8.01. The maximum absolute atomic E-state index is 9.56. The van der Waals surface area contributed by atoms with E-state index in [4.69, 9.17) is 4.42 Å². The minimum atomic E-state index is 0.347. The highest BCUT2D eigenvalue weighted by Crippen LogP contribution is 2.23. The summed E-state index contributed by atoms with van der Waals surface area (Å²) in [4.78, 5) is 2.46. The molecule has 118 valence electrons. The Morgan fingerprint density at radius 3 is 3.00 bits per heavy atom. The Hall–Kier alpha value is -1.88. The number of piperidine rings is 1. The summed E-state index contributed by atoms with van der Waals surface area (Å²) in [7, 11) is 0. The lowest BCUT2D eigenvalue weighted by molar-refractivity contribution is 0.120. The predicted molar refractivity (Wildman–Crippen MR) is 83.5 cm³/mol. The number of hydrogen-bond acceptors (Lipinski definition) is 5. The molecule has 1 saturated heterocycles. The standard InChI is InChI=1S/C17H23N3O2/c1-13-18-19-17(22-13)12-20-10-3-2-6-15(20)9-8-14-5-4-7-16(21)11-14/h4-5,7,11,15,21H,2-3,6,8-10,12H2,1H3. The van der Waals surface area contributed by atoms with Crippen LogP contribution in [0.25, 0.3) is 0 Å². The van der Waals surface area contributed by atoms with Crippen molar-refractivity contribution in [1.82, 2.24) is 15.1 Å². The number of rotatable bonds is 5. The van der Waals surface area contributed by atoms with E-state index in [0.717, 1.165) is 25.9 Å². The second-order valence-corrected chi connectivity index (χ2v) is 6.04. The summed E-state index contributed by atoms with van der Waals surface area (Å²) >= 11 is 0. The van der Waals surface area contributed by atoms with E-state index >= 15 is 0 Å². The highest BCUT2D eigenvalue weighted by molar-refractivity contribution is 5.27. The molecule has 0 amide bonds. The predicted octanol–water partition coefficient (Wildman–Crippen LogP) is 3.07. The van der Waals surface area contributed by atoms with Crippen molar-refractivity contribution in [3.63, 3.8) is 0 Å². The van der Waals surface area contributed by atoms with Crippen LogP contribution in [0.5, 0.6) is 5.75 Å². The number of likely N-dealkylation sites (tertiary alicyclic amines) is 1. The van der Waals surface area contributed by atoms with Crippen molar-refractivity contribution < 1.29 is 9.52 Å². The van der Waals surface area contributed by atoms with Crippen LogP contribution in [0.15, 0.2) is 28.7 Å². The molecule has 1 aliphatic rings. The van der Waals surface area contributed by atoms with Gasteiger partial charge in [0.05, 0.1) is 6.54 Å². The normalized spacial score (nSPS) is 19.4. The van der Waals surface area contributed by atoms with E-state index in [9.17, 15) is 5.11 Å². The summed E-state index contributed by atoms with van der Waals surface area (Å²) in [6.07, 6.45) is 5.81. The average Bonchev–Trinajstić information content (AvgIpc) is 2.92. The van der Waals surface area contributed by atoms with E-state index in [-0.39, 0.29) is 0 Å². The van der Waals surface area contributed by atoms with Crippen LogP contribution in [-0.4, -0.2) is 32.8 Å². The first-order chi connectivity index (χ1) is 10.7. The van der Waals surface area contributed by atoms with Gasteiger partial charge in [0.15, 0.2) is 0 Å². The Balaban J connectivity index is 1.60. The molecule has 1 aromatic carbocycles. The number of hydrogen-bond donors (Lipinski definition) is 1. The minimum absolute atomic E-state index is 0.347. The lowest BCUT2D eigenvalue weighted by Crippen LogP contribution is -2.39. The quantitative estimate of drug-likeness (QED) is 0.919. The summed E-state index contributed by atoms with van der Waals surface area (Å²) in [5, 5.41) is 17.6. The number of aromatic hydroxyl groups is 1. The largest absolute Gasteiger partial charge is 0.508 e. The van der Waals surface area contributed by atoms with Crippen molar-refractivity contribution in [2.75, 3.05) is 6.54 Å². The number of nitrogens with zero attached hydrogens (tertiary/aromatic N) is 3. The zero-order valence-electron chi connectivity index (χ0n) is 13.0. The third kappa shape index (κ3) is 3.85. The highest BCUT2D eigenvalue weighted by atomic mass is 16.4. The number of aryl methyl sites for hydroxylation is 2. The first-order valence-corrected chi connectivity index (χ1v) is 8.01. The van der Waals surface area contributed by atoms with Crippen LogP contribution >= 0.6 is 0 Å². The van der Waals surface area contributed by atoms with E-state index in [1.54, 1.807) is 6.07 Å². The van der Waals surface area contributed by atoms with Crippen molar-refractivity contribution in [3.05, 3.63) is 41.6 Å². The molecule has 0 spiro atoms. The van der Waals surface area contributed by atoms with Gasteiger partial charge in [0.25, 0.3) is 0 Å². The Morgan fingerprint density at radius 1 is 1.32 bits per heavy atom. The molecule has 1 N–H and O–H groups in total. The number of phenols is 1. The summed E-state index contributed by atoms with van der Waals surface area (Å²) < 4.78 is 5.52. The smallest absolute Gasteiger partial charge is 0.230 e. The van der Waals surface area contributed by atoms with E-state index in [1.807, 2.05) is 19.1 Å². The van der Waals surface area contributed by atoms with Gasteiger partial charge in [0.1, 0.15) is 5.75 Å². The fraction of sp³-hybridized carbons (Fsp3) is 0.529. The van der Waals surface area contributed by atoms with E-state index in [2.05, 4.69) is 21.2 Å². The van der Waals surface area contributed by atoms with Gasteiger partial charge in [-0.1, -0.05) is 18.6 Å². The van der Waals surface area contributed by atoms with Crippen LogP contribution in [0.3, 0.4) is 0 Å². The lowest BCUT2D eigenvalue weighted by Gasteiger charge is -2.34. The Kier molecular flexibility index (Phi) is 4.73. The van der Waals surface area contributed by atoms with Gasteiger partial charge >= 0.3 is 0 Å². The fourth-order valence-electron chi connectivity index (χ4n) is 3.22.